The van der Waals surface area contributed by atoms with Crippen molar-refractivity contribution in [3.63, 3.8) is 0 Å². The van der Waals surface area contributed by atoms with Gasteiger partial charge in [-0.2, -0.15) is 0 Å². The van der Waals surface area contributed by atoms with E-state index < -0.39 is 5.54 Å². The van der Waals surface area contributed by atoms with Crippen LogP contribution in [0.5, 0.6) is 0 Å². The van der Waals surface area contributed by atoms with Gasteiger partial charge in [-0.25, -0.2) is 4.39 Å². The lowest BCUT2D eigenvalue weighted by atomic mass is 9.73. The second-order valence-corrected chi connectivity index (χ2v) is 5.65. The van der Waals surface area contributed by atoms with Gasteiger partial charge in [-0.3, -0.25) is 4.79 Å². The minimum atomic E-state index is -0.809. The molecule has 0 aliphatic heterocycles. The lowest BCUT2D eigenvalue weighted by molar-refractivity contribution is 0.0818. The number of carbonyl (C=O) groups excluding carboxylic acids is 1. The van der Waals surface area contributed by atoms with E-state index in [1.54, 1.807) is 6.07 Å². The van der Waals surface area contributed by atoms with Crippen LogP contribution in [0.1, 0.15) is 48.5 Å². The molecule has 0 saturated heterocycles. The molecule has 1 aromatic carbocycles. The first-order chi connectivity index (χ1) is 8.42. The number of hydrogen-bond acceptors (Lipinski definition) is 2. The van der Waals surface area contributed by atoms with Crippen molar-refractivity contribution in [3.05, 3.63) is 35.1 Å². The van der Waals surface area contributed by atoms with Crippen molar-refractivity contribution < 1.29 is 9.18 Å². The Morgan fingerprint density at radius 2 is 2.22 bits per heavy atom. The van der Waals surface area contributed by atoms with Gasteiger partial charge in [0.05, 0.1) is 5.54 Å². The molecular formula is C15H20FNO. The van der Waals surface area contributed by atoms with Crippen LogP contribution in [-0.4, -0.2) is 11.3 Å². The van der Waals surface area contributed by atoms with Gasteiger partial charge in [0.15, 0.2) is 5.78 Å². The van der Waals surface area contributed by atoms with E-state index in [2.05, 4.69) is 6.92 Å². The van der Waals surface area contributed by atoms with E-state index in [-0.39, 0.29) is 11.6 Å². The average Bonchev–Trinajstić information content (AvgIpc) is 2.31. The predicted octanol–water partition coefficient (Wildman–Crippen LogP) is 3.22. The van der Waals surface area contributed by atoms with Crippen molar-refractivity contribution in [2.24, 2.45) is 11.7 Å². The van der Waals surface area contributed by atoms with Gasteiger partial charge in [0.1, 0.15) is 5.82 Å². The molecule has 1 aromatic rings. The third-order valence-electron chi connectivity index (χ3n) is 3.93. The van der Waals surface area contributed by atoms with Crippen molar-refractivity contribution in [1.82, 2.24) is 0 Å². The number of nitrogens with two attached hydrogens (primary N) is 1. The minimum Gasteiger partial charge on any atom is -0.319 e. The highest BCUT2D eigenvalue weighted by atomic mass is 19.1. The topological polar surface area (TPSA) is 43.1 Å². The first-order valence-electron chi connectivity index (χ1n) is 6.52. The van der Waals surface area contributed by atoms with Crippen LogP contribution >= 0.6 is 0 Å². The molecule has 2 unspecified atom stereocenters. The number of aryl methyl sites for hydroxylation is 1. The second kappa shape index (κ2) is 4.81. The Morgan fingerprint density at radius 1 is 1.50 bits per heavy atom. The number of Topliss-reactive ketones (excluding diaryl/α,β-unsaturated/α-hetero) is 1. The van der Waals surface area contributed by atoms with Crippen LogP contribution in [0.25, 0.3) is 0 Å². The van der Waals surface area contributed by atoms with Crippen LogP contribution in [0, 0.1) is 18.7 Å². The molecule has 0 radical (unpaired) electrons. The summed E-state index contributed by atoms with van der Waals surface area (Å²) in [6.45, 7) is 3.94. The highest BCUT2D eigenvalue weighted by Crippen LogP contribution is 2.33. The molecule has 1 aliphatic carbocycles. The summed E-state index contributed by atoms with van der Waals surface area (Å²) < 4.78 is 13.3. The quantitative estimate of drug-likeness (QED) is 0.818. The van der Waals surface area contributed by atoms with Crippen LogP contribution in [0.2, 0.25) is 0 Å². The first kappa shape index (κ1) is 13.2. The van der Waals surface area contributed by atoms with E-state index in [9.17, 15) is 9.18 Å². The van der Waals surface area contributed by atoms with E-state index in [4.69, 9.17) is 5.73 Å². The number of carbonyl (C=O) groups is 1. The fourth-order valence-electron chi connectivity index (χ4n) is 2.91. The van der Waals surface area contributed by atoms with E-state index >= 15 is 0 Å². The fourth-order valence-corrected chi connectivity index (χ4v) is 2.91. The minimum absolute atomic E-state index is 0.106. The molecule has 2 nitrogen and oxygen atoms in total. The zero-order chi connectivity index (χ0) is 13.3. The maximum atomic E-state index is 13.3. The van der Waals surface area contributed by atoms with E-state index in [1.165, 1.54) is 12.1 Å². The monoisotopic (exact) mass is 249 g/mol. The van der Waals surface area contributed by atoms with Gasteiger partial charge in [-0.15, -0.1) is 0 Å². The summed E-state index contributed by atoms with van der Waals surface area (Å²) in [6, 6.07) is 4.32. The largest absolute Gasteiger partial charge is 0.319 e. The average molecular weight is 249 g/mol. The summed E-state index contributed by atoms with van der Waals surface area (Å²) >= 11 is 0. The molecule has 0 amide bonds. The predicted molar refractivity (Wildman–Crippen MR) is 70.0 cm³/mol. The maximum Gasteiger partial charge on any atom is 0.183 e. The highest BCUT2D eigenvalue weighted by molar-refractivity contribution is 6.04. The Balaban J connectivity index is 2.32. The molecule has 1 aliphatic rings. The van der Waals surface area contributed by atoms with Crippen LogP contribution in [0.15, 0.2) is 18.2 Å². The summed E-state index contributed by atoms with van der Waals surface area (Å²) in [5.41, 5.74) is 6.70. The molecule has 18 heavy (non-hydrogen) atoms. The summed E-state index contributed by atoms with van der Waals surface area (Å²) in [5, 5.41) is 0. The van der Waals surface area contributed by atoms with E-state index in [1.807, 2.05) is 6.92 Å². The lowest BCUT2D eigenvalue weighted by Gasteiger charge is -2.35. The Bertz CT molecular complexity index is 472. The molecule has 0 aromatic heterocycles. The number of benzene rings is 1. The Labute approximate surface area is 107 Å². The molecular weight excluding hydrogens is 229 g/mol. The summed E-state index contributed by atoms with van der Waals surface area (Å²) in [4.78, 5) is 12.5. The lowest BCUT2D eigenvalue weighted by Crippen LogP contribution is -2.51. The smallest absolute Gasteiger partial charge is 0.183 e. The van der Waals surface area contributed by atoms with E-state index in [0.29, 0.717) is 24.3 Å². The summed E-state index contributed by atoms with van der Waals surface area (Å²) in [7, 11) is 0. The molecule has 1 fully saturated rings. The zero-order valence-corrected chi connectivity index (χ0v) is 11.0. The van der Waals surface area contributed by atoms with Crippen molar-refractivity contribution >= 4 is 5.78 Å². The second-order valence-electron chi connectivity index (χ2n) is 5.65. The normalized spacial score (nSPS) is 28.1. The molecule has 3 heteroatoms. The van der Waals surface area contributed by atoms with Crippen LogP contribution < -0.4 is 5.73 Å². The van der Waals surface area contributed by atoms with Gasteiger partial charge in [0.25, 0.3) is 0 Å². The number of hydrogen-bond donors (Lipinski definition) is 1. The Morgan fingerprint density at radius 3 is 2.89 bits per heavy atom. The van der Waals surface area contributed by atoms with Crippen molar-refractivity contribution in [2.45, 2.75) is 45.1 Å². The molecule has 0 bridgehead atoms. The number of rotatable bonds is 2. The van der Waals surface area contributed by atoms with Gasteiger partial charge >= 0.3 is 0 Å². The Kier molecular flexibility index (Phi) is 3.53. The molecule has 1 saturated carbocycles. The van der Waals surface area contributed by atoms with Gasteiger partial charge in [0, 0.05) is 5.56 Å². The maximum absolute atomic E-state index is 13.3. The molecule has 2 N–H and O–H groups in total. The van der Waals surface area contributed by atoms with Crippen molar-refractivity contribution in [1.29, 1.82) is 0 Å². The SMILES string of the molecule is Cc1ccc(F)cc1C(=O)C1(N)CCCC(C)C1. The van der Waals surface area contributed by atoms with Gasteiger partial charge in [0.2, 0.25) is 0 Å². The fraction of sp³-hybridized carbons (Fsp3) is 0.533. The van der Waals surface area contributed by atoms with Crippen molar-refractivity contribution in [3.8, 4) is 0 Å². The standard InChI is InChI=1S/C15H20FNO/c1-10-4-3-7-15(17,9-10)14(18)13-8-12(16)6-5-11(13)2/h5-6,8,10H,3-4,7,9,17H2,1-2H3. The van der Waals surface area contributed by atoms with Gasteiger partial charge < -0.3 is 5.73 Å². The van der Waals surface area contributed by atoms with E-state index in [0.717, 1.165) is 18.4 Å². The zero-order valence-electron chi connectivity index (χ0n) is 11.0. The summed E-state index contributed by atoms with van der Waals surface area (Å²) in [5.74, 6) is -0.0241. The molecule has 0 spiro atoms. The van der Waals surface area contributed by atoms with Crippen molar-refractivity contribution in [2.75, 3.05) is 0 Å². The summed E-state index contributed by atoms with van der Waals surface area (Å²) in [6.07, 6.45) is 3.49. The van der Waals surface area contributed by atoms with Gasteiger partial charge in [-0.1, -0.05) is 25.8 Å². The third-order valence-corrected chi connectivity index (χ3v) is 3.93. The van der Waals surface area contributed by atoms with Crippen LogP contribution in [0.4, 0.5) is 4.39 Å². The van der Waals surface area contributed by atoms with Crippen LogP contribution in [0.3, 0.4) is 0 Å². The Hall–Kier alpha value is -1.22. The van der Waals surface area contributed by atoms with Crippen LogP contribution in [-0.2, 0) is 0 Å². The molecule has 2 rings (SSSR count). The molecule has 2 atom stereocenters. The number of ketones is 1. The number of halogens is 1. The third kappa shape index (κ3) is 2.46. The highest BCUT2D eigenvalue weighted by Gasteiger charge is 2.38. The molecule has 98 valence electrons. The van der Waals surface area contributed by atoms with Gasteiger partial charge in [-0.05, 0) is 43.4 Å². The first-order valence-corrected chi connectivity index (χ1v) is 6.52. The molecule has 0 heterocycles.